The van der Waals surface area contributed by atoms with Crippen molar-refractivity contribution in [2.75, 3.05) is 6.54 Å². The topological polar surface area (TPSA) is 70.5 Å². The second kappa shape index (κ2) is 6.06. The van der Waals surface area contributed by atoms with Gasteiger partial charge in [0.1, 0.15) is 6.54 Å². The molecule has 0 aliphatic heterocycles. The van der Waals surface area contributed by atoms with E-state index in [1.807, 2.05) is 0 Å². The van der Waals surface area contributed by atoms with Crippen LogP contribution >= 0.6 is 0 Å². The van der Waals surface area contributed by atoms with Crippen molar-refractivity contribution >= 4 is 10.0 Å². The molecule has 0 unspecified atom stereocenters. The summed E-state index contributed by atoms with van der Waals surface area (Å²) < 4.78 is 62.1. The second-order valence-corrected chi connectivity index (χ2v) is 6.26. The zero-order valence-electron chi connectivity index (χ0n) is 10.9. The Kier molecular flexibility index (Phi) is 5.11. The highest BCUT2D eigenvalue weighted by Gasteiger charge is 2.38. The molecule has 1 aromatic heterocycles. The molecule has 0 fully saturated rings. The number of sulfonamides is 1. The molecule has 1 aromatic rings. The Labute approximate surface area is 115 Å². The average Bonchev–Trinajstić information content (AvgIpc) is 2.34. The van der Waals surface area contributed by atoms with Gasteiger partial charge in [0.2, 0.25) is 0 Å². The Bertz CT molecular complexity index is 541. The van der Waals surface area contributed by atoms with Gasteiger partial charge in [-0.3, -0.25) is 0 Å². The molecular formula is C11H15F3N2O3S. The van der Waals surface area contributed by atoms with Gasteiger partial charge in [0.05, 0.1) is 6.61 Å². The summed E-state index contributed by atoms with van der Waals surface area (Å²) in [7, 11) is -4.34. The first-order valence-corrected chi connectivity index (χ1v) is 7.16. The molecule has 20 heavy (non-hydrogen) atoms. The average molecular weight is 312 g/mol. The molecule has 0 aromatic carbocycles. The third kappa shape index (κ3) is 4.15. The number of alkyl halides is 3. The Morgan fingerprint density at radius 1 is 1.35 bits per heavy atom. The van der Waals surface area contributed by atoms with Crippen LogP contribution in [0.5, 0.6) is 0 Å². The minimum atomic E-state index is -4.64. The first-order valence-electron chi connectivity index (χ1n) is 5.72. The van der Waals surface area contributed by atoms with Crippen molar-refractivity contribution in [1.82, 2.24) is 9.29 Å². The molecule has 0 saturated heterocycles. The van der Waals surface area contributed by atoms with Crippen LogP contribution in [0.25, 0.3) is 0 Å². The van der Waals surface area contributed by atoms with Crippen LogP contribution in [0.3, 0.4) is 0 Å². The predicted octanol–water partition coefficient (Wildman–Crippen LogP) is 1.54. The molecule has 0 atom stereocenters. The third-order valence-corrected chi connectivity index (χ3v) is 4.40. The molecule has 0 saturated carbocycles. The van der Waals surface area contributed by atoms with E-state index >= 15 is 0 Å². The number of aliphatic hydroxyl groups is 1. The summed E-state index contributed by atoms with van der Waals surface area (Å²) in [6.45, 7) is 0.803. The van der Waals surface area contributed by atoms with Crippen LogP contribution in [-0.2, 0) is 16.6 Å². The zero-order chi connectivity index (χ0) is 15.6. The highest BCUT2D eigenvalue weighted by molar-refractivity contribution is 7.89. The summed E-state index contributed by atoms with van der Waals surface area (Å²) in [6, 6.07) is 1.51. The summed E-state index contributed by atoms with van der Waals surface area (Å²) >= 11 is 0. The van der Waals surface area contributed by atoms with E-state index in [1.165, 1.54) is 19.9 Å². The molecule has 0 radical (unpaired) electrons. The largest absolute Gasteiger partial charge is 0.402 e. The van der Waals surface area contributed by atoms with Crippen molar-refractivity contribution in [3.05, 3.63) is 23.9 Å². The normalized spacial score (nSPS) is 13.2. The highest BCUT2D eigenvalue weighted by Crippen LogP contribution is 2.23. The SMILES string of the molecule is CC(C)N(CC(F)(F)F)S(=O)(=O)c1ccc(CO)cn1. The number of nitrogens with zero attached hydrogens (tertiary/aromatic N) is 2. The van der Waals surface area contributed by atoms with Gasteiger partial charge in [-0.2, -0.15) is 17.5 Å². The molecule has 0 amide bonds. The molecule has 1 heterocycles. The van der Waals surface area contributed by atoms with Crippen molar-refractivity contribution in [2.24, 2.45) is 0 Å². The maximum absolute atomic E-state index is 12.5. The van der Waals surface area contributed by atoms with Crippen LogP contribution in [0.2, 0.25) is 0 Å². The molecular weight excluding hydrogens is 297 g/mol. The van der Waals surface area contributed by atoms with Crippen molar-refractivity contribution in [3.63, 3.8) is 0 Å². The Hall–Kier alpha value is -1.19. The van der Waals surface area contributed by atoms with E-state index < -0.39 is 33.8 Å². The van der Waals surface area contributed by atoms with E-state index in [0.717, 1.165) is 12.3 Å². The number of hydrogen-bond donors (Lipinski definition) is 1. The quantitative estimate of drug-likeness (QED) is 0.895. The van der Waals surface area contributed by atoms with Gasteiger partial charge in [-0.25, -0.2) is 13.4 Å². The molecule has 0 aliphatic rings. The van der Waals surface area contributed by atoms with Gasteiger partial charge >= 0.3 is 6.18 Å². The molecule has 0 bridgehead atoms. The Balaban J connectivity index is 3.15. The van der Waals surface area contributed by atoms with E-state index in [-0.39, 0.29) is 6.61 Å². The number of aromatic nitrogens is 1. The summed E-state index contributed by atoms with van der Waals surface area (Å²) in [5.74, 6) is 0. The van der Waals surface area contributed by atoms with Crippen molar-refractivity contribution in [3.8, 4) is 0 Å². The van der Waals surface area contributed by atoms with Gasteiger partial charge in [0.25, 0.3) is 10.0 Å². The standard InChI is InChI=1S/C11H15F3N2O3S/c1-8(2)16(7-11(12,13)14)20(18,19)10-4-3-9(6-17)5-15-10/h3-5,8,17H,6-7H2,1-2H3. The van der Waals surface area contributed by atoms with Gasteiger partial charge < -0.3 is 5.11 Å². The lowest BCUT2D eigenvalue weighted by Gasteiger charge is -2.26. The van der Waals surface area contributed by atoms with Gasteiger partial charge in [0.15, 0.2) is 5.03 Å². The van der Waals surface area contributed by atoms with Crippen LogP contribution in [0.15, 0.2) is 23.4 Å². The number of pyridine rings is 1. The number of aliphatic hydroxyl groups excluding tert-OH is 1. The molecule has 1 rings (SSSR count). The number of rotatable bonds is 5. The van der Waals surface area contributed by atoms with Crippen LogP contribution in [-0.4, -0.2) is 41.6 Å². The number of hydrogen-bond acceptors (Lipinski definition) is 4. The fourth-order valence-corrected chi connectivity index (χ4v) is 3.04. The first-order chi connectivity index (χ1) is 9.08. The van der Waals surface area contributed by atoms with Crippen LogP contribution in [0.1, 0.15) is 19.4 Å². The van der Waals surface area contributed by atoms with Crippen LogP contribution < -0.4 is 0 Å². The molecule has 1 N–H and O–H groups in total. The van der Waals surface area contributed by atoms with E-state index in [1.54, 1.807) is 0 Å². The van der Waals surface area contributed by atoms with Gasteiger partial charge in [-0.05, 0) is 25.5 Å². The van der Waals surface area contributed by atoms with Crippen molar-refractivity contribution < 1.29 is 26.7 Å². The maximum atomic E-state index is 12.5. The number of halogens is 3. The zero-order valence-corrected chi connectivity index (χ0v) is 11.7. The molecule has 5 nitrogen and oxygen atoms in total. The van der Waals surface area contributed by atoms with Crippen LogP contribution in [0.4, 0.5) is 13.2 Å². The summed E-state index contributed by atoms with van der Waals surface area (Å²) in [6.07, 6.45) is -3.53. The lowest BCUT2D eigenvalue weighted by molar-refractivity contribution is -0.138. The second-order valence-electron chi connectivity index (χ2n) is 4.42. The molecule has 0 spiro atoms. The van der Waals surface area contributed by atoms with Gasteiger partial charge in [-0.15, -0.1) is 0 Å². The third-order valence-electron chi connectivity index (χ3n) is 2.46. The monoisotopic (exact) mass is 312 g/mol. The van der Waals surface area contributed by atoms with E-state index in [0.29, 0.717) is 9.87 Å². The molecule has 9 heteroatoms. The highest BCUT2D eigenvalue weighted by atomic mass is 32.2. The maximum Gasteiger partial charge on any atom is 0.402 e. The van der Waals surface area contributed by atoms with Crippen LogP contribution in [0, 0.1) is 0 Å². The summed E-state index contributed by atoms with van der Waals surface area (Å²) in [4.78, 5) is 3.60. The van der Waals surface area contributed by atoms with E-state index in [4.69, 9.17) is 5.11 Å². The van der Waals surface area contributed by atoms with Crippen molar-refractivity contribution in [1.29, 1.82) is 0 Å². The minimum absolute atomic E-state index is 0.330. The Morgan fingerprint density at radius 3 is 2.30 bits per heavy atom. The fraction of sp³-hybridized carbons (Fsp3) is 0.545. The minimum Gasteiger partial charge on any atom is -0.392 e. The molecule has 0 aliphatic carbocycles. The lowest BCUT2D eigenvalue weighted by atomic mass is 10.3. The first kappa shape index (κ1) is 16.9. The fourth-order valence-electron chi connectivity index (χ4n) is 1.50. The van der Waals surface area contributed by atoms with E-state index in [2.05, 4.69) is 4.98 Å². The smallest absolute Gasteiger partial charge is 0.392 e. The van der Waals surface area contributed by atoms with Gasteiger partial charge in [0, 0.05) is 12.2 Å². The Morgan fingerprint density at radius 2 is 1.95 bits per heavy atom. The summed E-state index contributed by atoms with van der Waals surface area (Å²) in [5, 5.41) is 8.35. The van der Waals surface area contributed by atoms with E-state index in [9.17, 15) is 21.6 Å². The van der Waals surface area contributed by atoms with Crippen molar-refractivity contribution in [2.45, 2.75) is 37.7 Å². The molecule has 114 valence electrons. The predicted molar refractivity (Wildman–Crippen MR) is 65.2 cm³/mol. The lowest BCUT2D eigenvalue weighted by Crippen LogP contribution is -2.43. The summed E-state index contributed by atoms with van der Waals surface area (Å²) in [5.41, 5.74) is 0.371. The van der Waals surface area contributed by atoms with Gasteiger partial charge in [-0.1, -0.05) is 6.07 Å².